The van der Waals surface area contributed by atoms with Gasteiger partial charge >= 0.3 is 6.09 Å². The fourth-order valence-corrected chi connectivity index (χ4v) is 2.71. The molecule has 0 bridgehead atoms. The van der Waals surface area contributed by atoms with Crippen LogP contribution in [0.15, 0.2) is 60.7 Å². The normalized spacial score (nSPS) is 13.2. The van der Waals surface area contributed by atoms with Crippen LogP contribution in [0.1, 0.15) is 25.8 Å². The molecule has 0 aliphatic rings. The van der Waals surface area contributed by atoms with Crippen molar-refractivity contribution in [2.45, 2.75) is 38.8 Å². The summed E-state index contributed by atoms with van der Waals surface area (Å²) in [4.78, 5) is 12.3. The number of rotatable bonds is 10. The van der Waals surface area contributed by atoms with Crippen LogP contribution in [0.25, 0.3) is 0 Å². The number of hydrogen-bond donors (Lipinski definition) is 3. The van der Waals surface area contributed by atoms with Crippen molar-refractivity contribution in [3.8, 4) is 5.75 Å². The first-order chi connectivity index (χ1) is 13.0. The number of nitrogens with one attached hydrogen (secondary N) is 2. The molecule has 5 nitrogen and oxygen atoms in total. The lowest BCUT2D eigenvalue weighted by Crippen LogP contribution is -2.49. The van der Waals surface area contributed by atoms with Crippen molar-refractivity contribution in [1.29, 1.82) is 0 Å². The van der Waals surface area contributed by atoms with E-state index in [0.29, 0.717) is 24.6 Å². The summed E-state index contributed by atoms with van der Waals surface area (Å²) in [5.41, 5.74) is 1.05. The molecule has 2 aromatic rings. The van der Waals surface area contributed by atoms with Gasteiger partial charge < -0.3 is 20.5 Å². The Labute approximate surface area is 161 Å². The summed E-state index contributed by atoms with van der Waals surface area (Å²) in [7, 11) is 0. The molecule has 0 aromatic heterocycles. The number of hydrogen-bond acceptors (Lipinski definition) is 4. The lowest BCUT2D eigenvalue weighted by Gasteiger charge is -2.24. The smallest absolute Gasteiger partial charge is 0.410 e. The number of amides is 1. The molecule has 27 heavy (non-hydrogen) atoms. The summed E-state index contributed by atoms with van der Waals surface area (Å²) >= 11 is 0. The number of benzene rings is 2. The second-order valence-corrected chi connectivity index (χ2v) is 7.10. The van der Waals surface area contributed by atoms with Gasteiger partial charge in [-0.05, 0) is 43.0 Å². The summed E-state index contributed by atoms with van der Waals surface area (Å²) in [6.07, 6.45) is 0.279. The third-order valence-corrected chi connectivity index (χ3v) is 4.27. The van der Waals surface area contributed by atoms with Crippen LogP contribution < -0.4 is 15.4 Å². The van der Waals surface area contributed by atoms with Crippen LogP contribution in [-0.2, 0) is 6.42 Å². The van der Waals surface area contributed by atoms with Gasteiger partial charge in [0, 0.05) is 6.54 Å². The monoisotopic (exact) mass is 370 g/mol. The van der Waals surface area contributed by atoms with Crippen molar-refractivity contribution < 1.29 is 14.6 Å². The minimum Gasteiger partial charge on any atom is -0.410 e. The second-order valence-electron chi connectivity index (χ2n) is 7.10. The van der Waals surface area contributed by atoms with E-state index in [0.717, 1.165) is 18.5 Å². The average molecular weight is 370 g/mol. The van der Waals surface area contributed by atoms with Crippen LogP contribution in [-0.4, -0.2) is 36.4 Å². The number of aliphatic hydroxyl groups excluding tert-OH is 1. The van der Waals surface area contributed by atoms with E-state index in [1.54, 1.807) is 24.3 Å². The van der Waals surface area contributed by atoms with Crippen LogP contribution >= 0.6 is 0 Å². The van der Waals surface area contributed by atoms with Crippen molar-refractivity contribution in [1.82, 2.24) is 10.6 Å². The average Bonchev–Trinajstić information content (AvgIpc) is 2.66. The van der Waals surface area contributed by atoms with Gasteiger partial charge in [0.25, 0.3) is 0 Å². The standard InChI is InChI=1S/C22H30N2O3/c1-17(2)13-14-23-16-21(25)20(15-18-9-5-3-6-10-18)24-22(26)27-19-11-7-4-8-12-19/h3-12,17,20-21,23,25H,13-16H2,1-2H3,(H,24,26). The predicted octanol–water partition coefficient (Wildman–Crippen LogP) is 3.38. The first-order valence-electron chi connectivity index (χ1n) is 9.50. The highest BCUT2D eigenvalue weighted by Crippen LogP contribution is 2.10. The Kier molecular flexibility index (Phi) is 8.81. The van der Waals surface area contributed by atoms with Gasteiger partial charge in [-0.2, -0.15) is 0 Å². The van der Waals surface area contributed by atoms with E-state index in [1.807, 2.05) is 36.4 Å². The van der Waals surface area contributed by atoms with E-state index in [1.165, 1.54) is 0 Å². The number of aliphatic hydroxyl groups is 1. The maximum absolute atomic E-state index is 12.3. The zero-order valence-electron chi connectivity index (χ0n) is 16.1. The summed E-state index contributed by atoms with van der Waals surface area (Å²) in [6.45, 7) is 5.58. The van der Waals surface area contributed by atoms with Gasteiger partial charge in [0.15, 0.2) is 0 Å². The molecule has 0 aliphatic carbocycles. The number of carbonyl (C=O) groups is 1. The molecule has 0 saturated carbocycles. The van der Waals surface area contributed by atoms with Gasteiger partial charge in [-0.1, -0.05) is 62.4 Å². The summed E-state index contributed by atoms with van der Waals surface area (Å²) < 4.78 is 5.31. The van der Waals surface area contributed by atoms with Gasteiger partial charge in [-0.15, -0.1) is 0 Å². The molecule has 0 heterocycles. The largest absolute Gasteiger partial charge is 0.412 e. The first kappa shape index (κ1) is 20.9. The molecule has 0 saturated heterocycles. The van der Waals surface area contributed by atoms with E-state index in [4.69, 9.17) is 4.74 Å². The molecule has 2 rings (SSSR count). The molecule has 2 atom stereocenters. The predicted molar refractivity (Wildman–Crippen MR) is 108 cm³/mol. The Hall–Kier alpha value is -2.37. The minimum absolute atomic E-state index is 0.413. The van der Waals surface area contributed by atoms with Crippen molar-refractivity contribution in [3.05, 3.63) is 66.2 Å². The van der Waals surface area contributed by atoms with E-state index in [2.05, 4.69) is 24.5 Å². The molecule has 0 aliphatic heterocycles. The fraction of sp³-hybridized carbons (Fsp3) is 0.409. The van der Waals surface area contributed by atoms with Crippen LogP contribution in [0.2, 0.25) is 0 Å². The summed E-state index contributed by atoms with van der Waals surface area (Å²) in [5, 5.41) is 16.7. The van der Waals surface area contributed by atoms with Crippen LogP contribution in [0.5, 0.6) is 5.75 Å². The Bertz CT molecular complexity index is 662. The lowest BCUT2D eigenvalue weighted by atomic mass is 10.0. The van der Waals surface area contributed by atoms with Gasteiger partial charge in [0.1, 0.15) is 5.75 Å². The molecule has 0 fully saturated rings. The number of carbonyl (C=O) groups excluding carboxylic acids is 1. The van der Waals surface area contributed by atoms with Gasteiger partial charge in [-0.3, -0.25) is 0 Å². The van der Waals surface area contributed by atoms with E-state index in [9.17, 15) is 9.90 Å². The highest BCUT2D eigenvalue weighted by Gasteiger charge is 2.22. The molecule has 0 radical (unpaired) electrons. The van der Waals surface area contributed by atoms with Gasteiger partial charge in [-0.25, -0.2) is 4.79 Å². The zero-order chi connectivity index (χ0) is 19.5. The van der Waals surface area contributed by atoms with Crippen LogP contribution in [0.4, 0.5) is 4.79 Å². The third-order valence-electron chi connectivity index (χ3n) is 4.27. The van der Waals surface area contributed by atoms with Crippen LogP contribution in [0, 0.1) is 5.92 Å². The molecule has 3 N–H and O–H groups in total. The van der Waals surface area contributed by atoms with Crippen molar-refractivity contribution in [2.24, 2.45) is 5.92 Å². The highest BCUT2D eigenvalue weighted by atomic mass is 16.6. The van der Waals surface area contributed by atoms with E-state index < -0.39 is 18.2 Å². The van der Waals surface area contributed by atoms with E-state index >= 15 is 0 Å². The topological polar surface area (TPSA) is 70.6 Å². The second kappa shape index (κ2) is 11.4. The molecular weight excluding hydrogens is 340 g/mol. The molecule has 2 aromatic carbocycles. The quantitative estimate of drug-likeness (QED) is 0.561. The fourth-order valence-electron chi connectivity index (χ4n) is 2.71. The first-order valence-corrected chi connectivity index (χ1v) is 9.50. The number of para-hydroxylation sites is 1. The van der Waals surface area contributed by atoms with Crippen molar-refractivity contribution in [2.75, 3.05) is 13.1 Å². The van der Waals surface area contributed by atoms with E-state index in [-0.39, 0.29) is 0 Å². The highest BCUT2D eigenvalue weighted by molar-refractivity contribution is 5.70. The maximum atomic E-state index is 12.3. The SMILES string of the molecule is CC(C)CCNCC(O)C(Cc1ccccc1)NC(=O)Oc1ccccc1. The Morgan fingerprint density at radius 1 is 1.04 bits per heavy atom. The minimum atomic E-state index is -0.722. The molecule has 0 spiro atoms. The summed E-state index contributed by atoms with van der Waals surface area (Å²) in [6, 6.07) is 18.3. The summed E-state index contributed by atoms with van der Waals surface area (Å²) in [5.74, 6) is 1.08. The Morgan fingerprint density at radius 3 is 2.30 bits per heavy atom. The zero-order valence-corrected chi connectivity index (χ0v) is 16.1. The molecule has 146 valence electrons. The molecule has 2 unspecified atom stereocenters. The maximum Gasteiger partial charge on any atom is 0.412 e. The van der Waals surface area contributed by atoms with Crippen molar-refractivity contribution in [3.63, 3.8) is 0 Å². The lowest BCUT2D eigenvalue weighted by molar-refractivity contribution is 0.119. The Balaban J connectivity index is 1.94. The molecular formula is C22H30N2O3. The molecule has 1 amide bonds. The van der Waals surface area contributed by atoms with Gasteiger partial charge in [0.2, 0.25) is 0 Å². The Morgan fingerprint density at radius 2 is 1.67 bits per heavy atom. The van der Waals surface area contributed by atoms with Gasteiger partial charge in [0.05, 0.1) is 12.1 Å². The number of ether oxygens (including phenoxy) is 1. The van der Waals surface area contributed by atoms with Crippen LogP contribution in [0.3, 0.4) is 0 Å². The third kappa shape index (κ3) is 8.24. The molecule has 5 heteroatoms. The van der Waals surface area contributed by atoms with Crippen molar-refractivity contribution >= 4 is 6.09 Å².